The summed E-state index contributed by atoms with van der Waals surface area (Å²) in [6, 6.07) is 0. The summed E-state index contributed by atoms with van der Waals surface area (Å²) in [5, 5.41) is 0. The number of nitrogens with zero attached hydrogens (tertiary/aromatic N) is 1. The molecule has 1 rings (SSSR count). The van der Waals surface area contributed by atoms with E-state index in [2.05, 4.69) is 4.98 Å². The third-order valence-corrected chi connectivity index (χ3v) is 1.48. The number of oxazole rings is 1. The van der Waals surface area contributed by atoms with E-state index in [0.29, 0.717) is 18.2 Å². The second-order valence-electron chi connectivity index (χ2n) is 2.79. The van der Waals surface area contributed by atoms with E-state index in [1.54, 1.807) is 13.0 Å². The SMILES string of the molecule is CCCOC(=O)/C=C/c1coc(C)n1. The van der Waals surface area contributed by atoms with Crippen molar-refractivity contribution in [3.63, 3.8) is 0 Å². The van der Waals surface area contributed by atoms with Gasteiger partial charge in [-0.15, -0.1) is 0 Å². The van der Waals surface area contributed by atoms with Gasteiger partial charge in [0.15, 0.2) is 5.89 Å². The minimum absolute atomic E-state index is 0.354. The fourth-order valence-corrected chi connectivity index (χ4v) is 0.861. The van der Waals surface area contributed by atoms with Crippen LogP contribution < -0.4 is 0 Å². The number of hydrogen-bond donors (Lipinski definition) is 0. The summed E-state index contributed by atoms with van der Waals surface area (Å²) in [6.07, 6.45) is 5.21. The monoisotopic (exact) mass is 195 g/mol. The largest absolute Gasteiger partial charge is 0.463 e. The highest BCUT2D eigenvalue weighted by molar-refractivity contribution is 5.86. The van der Waals surface area contributed by atoms with E-state index in [9.17, 15) is 4.79 Å². The van der Waals surface area contributed by atoms with Crippen LogP contribution in [0, 0.1) is 6.92 Å². The van der Waals surface area contributed by atoms with Gasteiger partial charge in [-0.25, -0.2) is 9.78 Å². The van der Waals surface area contributed by atoms with E-state index in [1.165, 1.54) is 12.3 Å². The summed E-state index contributed by atoms with van der Waals surface area (Å²) in [5.41, 5.74) is 0.621. The van der Waals surface area contributed by atoms with Crippen LogP contribution in [-0.4, -0.2) is 17.6 Å². The van der Waals surface area contributed by atoms with Crippen LogP contribution in [0.3, 0.4) is 0 Å². The molecule has 0 unspecified atom stereocenters. The van der Waals surface area contributed by atoms with Crippen molar-refractivity contribution in [2.45, 2.75) is 20.3 Å². The van der Waals surface area contributed by atoms with E-state index >= 15 is 0 Å². The van der Waals surface area contributed by atoms with Crippen LogP contribution in [0.5, 0.6) is 0 Å². The molecule has 0 aromatic carbocycles. The smallest absolute Gasteiger partial charge is 0.330 e. The van der Waals surface area contributed by atoms with Gasteiger partial charge >= 0.3 is 5.97 Å². The number of carbonyl (C=O) groups is 1. The van der Waals surface area contributed by atoms with Crippen LogP contribution in [0.25, 0.3) is 6.08 Å². The van der Waals surface area contributed by atoms with Crippen LogP contribution >= 0.6 is 0 Å². The topological polar surface area (TPSA) is 52.3 Å². The molecule has 0 aliphatic carbocycles. The Morgan fingerprint density at radius 2 is 2.50 bits per heavy atom. The number of carbonyl (C=O) groups excluding carboxylic acids is 1. The van der Waals surface area contributed by atoms with Crippen molar-refractivity contribution in [2.24, 2.45) is 0 Å². The molecule has 0 spiro atoms. The molecule has 0 saturated heterocycles. The lowest BCUT2D eigenvalue weighted by molar-refractivity contribution is -0.137. The summed E-state index contributed by atoms with van der Waals surface area (Å²) < 4.78 is 9.80. The Bertz CT molecular complexity index is 328. The number of esters is 1. The minimum Gasteiger partial charge on any atom is -0.463 e. The van der Waals surface area contributed by atoms with Crippen molar-refractivity contribution >= 4 is 12.0 Å². The molecular formula is C10H13NO3. The average Bonchev–Trinajstić information content (AvgIpc) is 2.58. The number of hydrogen-bond acceptors (Lipinski definition) is 4. The first-order chi connectivity index (χ1) is 6.72. The molecule has 0 atom stereocenters. The molecule has 1 aromatic rings. The predicted octanol–water partition coefficient (Wildman–Crippen LogP) is 1.95. The molecule has 1 aromatic heterocycles. The average molecular weight is 195 g/mol. The van der Waals surface area contributed by atoms with Crippen molar-refractivity contribution in [1.82, 2.24) is 4.98 Å². The summed E-state index contributed by atoms with van der Waals surface area (Å²) in [7, 11) is 0. The summed E-state index contributed by atoms with van der Waals surface area (Å²) >= 11 is 0. The van der Waals surface area contributed by atoms with Gasteiger partial charge in [0, 0.05) is 13.0 Å². The fraction of sp³-hybridized carbons (Fsp3) is 0.400. The van der Waals surface area contributed by atoms with Crippen molar-refractivity contribution < 1.29 is 13.9 Å². The highest BCUT2D eigenvalue weighted by atomic mass is 16.5. The lowest BCUT2D eigenvalue weighted by atomic mass is 10.4. The van der Waals surface area contributed by atoms with Crippen LogP contribution in [0.15, 0.2) is 16.8 Å². The van der Waals surface area contributed by atoms with Crippen LogP contribution in [-0.2, 0) is 9.53 Å². The van der Waals surface area contributed by atoms with E-state index in [4.69, 9.17) is 9.15 Å². The van der Waals surface area contributed by atoms with Crippen LogP contribution in [0.1, 0.15) is 24.9 Å². The summed E-state index contributed by atoms with van der Waals surface area (Å²) in [5.74, 6) is 0.221. The van der Waals surface area contributed by atoms with Gasteiger partial charge in [-0.3, -0.25) is 0 Å². The van der Waals surface area contributed by atoms with Crippen molar-refractivity contribution in [2.75, 3.05) is 6.61 Å². The van der Waals surface area contributed by atoms with Gasteiger partial charge in [0.25, 0.3) is 0 Å². The Kier molecular flexibility index (Phi) is 3.91. The molecular weight excluding hydrogens is 182 g/mol. The fourth-order valence-electron chi connectivity index (χ4n) is 0.861. The Balaban J connectivity index is 2.43. The highest BCUT2D eigenvalue weighted by Crippen LogP contribution is 2.02. The Morgan fingerprint density at radius 3 is 3.07 bits per heavy atom. The maximum Gasteiger partial charge on any atom is 0.330 e. The Morgan fingerprint density at radius 1 is 1.71 bits per heavy atom. The molecule has 14 heavy (non-hydrogen) atoms. The molecule has 0 aliphatic heterocycles. The van der Waals surface area contributed by atoms with Gasteiger partial charge in [0.1, 0.15) is 12.0 Å². The molecule has 0 bridgehead atoms. The first-order valence-corrected chi connectivity index (χ1v) is 4.49. The number of ether oxygens (including phenoxy) is 1. The number of aryl methyl sites for hydroxylation is 1. The Labute approximate surface area is 82.6 Å². The minimum atomic E-state index is -0.354. The molecule has 0 N–H and O–H groups in total. The molecule has 0 fully saturated rings. The lowest BCUT2D eigenvalue weighted by Gasteiger charge is -1.96. The van der Waals surface area contributed by atoms with Gasteiger partial charge in [-0.05, 0) is 12.5 Å². The van der Waals surface area contributed by atoms with E-state index in [1.807, 2.05) is 6.92 Å². The molecule has 4 heteroatoms. The standard InChI is InChI=1S/C10H13NO3/c1-3-6-13-10(12)5-4-9-7-14-8(2)11-9/h4-5,7H,3,6H2,1-2H3/b5-4+. The molecule has 76 valence electrons. The van der Waals surface area contributed by atoms with Crippen molar-refractivity contribution in [1.29, 1.82) is 0 Å². The van der Waals surface area contributed by atoms with E-state index in [0.717, 1.165) is 6.42 Å². The molecule has 0 saturated carbocycles. The van der Waals surface area contributed by atoms with Gasteiger partial charge in [-0.2, -0.15) is 0 Å². The maximum atomic E-state index is 11.0. The number of rotatable bonds is 4. The van der Waals surface area contributed by atoms with E-state index < -0.39 is 0 Å². The van der Waals surface area contributed by atoms with E-state index in [-0.39, 0.29) is 5.97 Å². The summed E-state index contributed by atoms with van der Waals surface area (Å²) in [6.45, 7) is 4.13. The van der Waals surface area contributed by atoms with Gasteiger partial charge < -0.3 is 9.15 Å². The third-order valence-electron chi connectivity index (χ3n) is 1.48. The van der Waals surface area contributed by atoms with Crippen LogP contribution in [0.4, 0.5) is 0 Å². The molecule has 4 nitrogen and oxygen atoms in total. The Hall–Kier alpha value is -1.58. The second-order valence-corrected chi connectivity index (χ2v) is 2.79. The first-order valence-electron chi connectivity index (χ1n) is 4.49. The second kappa shape index (κ2) is 5.21. The quantitative estimate of drug-likeness (QED) is 0.544. The zero-order valence-corrected chi connectivity index (χ0v) is 8.32. The molecule has 0 radical (unpaired) electrons. The normalized spacial score (nSPS) is 10.7. The van der Waals surface area contributed by atoms with Crippen molar-refractivity contribution in [3.05, 3.63) is 23.9 Å². The molecule has 1 heterocycles. The van der Waals surface area contributed by atoms with Crippen molar-refractivity contribution in [3.8, 4) is 0 Å². The molecule has 0 aliphatic rings. The zero-order valence-electron chi connectivity index (χ0n) is 8.32. The summed E-state index contributed by atoms with van der Waals surface area (Å²) in [4.78, 5) is 15.0. The van der Waals surface area contributed by atoms with Gasteiger partial charge in [-0.1, -0.05) is 6.92 Å². The highest BCUT2D eigenvalue weighted by Gasteiger charge is 1.97. The van der Waals surface area contributed by atoms with Crippen LogP contribution in [0.2, 0.25) is 0 Å². The molecule has 0 amide bonds. The lowest BCUT2D eigenvalue weighted by Crippen LogP contribution is -2.00. The van der Waals surface area contributed by atoms with Gasteiger partial charge in [0.05, 0.1) is 6.61 Å². The predicted molar refractivity (Wildman–Crippen MR) is 51.5 cm³/mol. The van der Waals surface area contributed by atoms with Gasteiger partial charge in [0.2, 0.25) is 0 Å². The number of aromatic nitrogens is 1. The maximum absolute atomic E-state index is 11.0. The zero-order chi connectivity index (χ0) is 10.4. The third kappa shape index (κ3) is 3.43. The first kappa shape index (κ1) is 10.5.